The van der Waals surface area contributed by atoms with Crippen LogP contribution in [0.1, 0.15) is 29.9 Å². The Balaban J connectivity index is 1.29. The zero-order chi connectivity index (χ0) is 22.6. The lowest BCUT2D eigenvalue weighted by Gasteiger charge is -2.32. The van der Waals surface area contributed by atoms with E-state index in [1.54, 1.807) is 14.2 Å². The van der Waals surface area contributed by atoms with Crippen molar-refractivity contribution in [1.29, 1.82) is 0 Å². The van der Waals surface area contributed by atoms with E-state index in [0.29, 0.717) is 5.92 Å². The van der Waals surface area contributed by atoms with Crippen LogP contribution < -0.4 is 9.47 Å². The topological polar surface area (TPSA) is 37.5 Å². The smallest absolute Gasteiger partial charge is 0.160 e. The van der Waals surface area contributed by atoms with E-state index in [9.17, 15) is 0 Å². The summed E-state index contributed by atoms with van der Waals surface area (Å²) in [6.07, 6.45) is 3.40. The molecule has 4 aromatic rings. The molecule has 1 fully saturated rings. The van der Waals surface area contributed by atoms with Crippen molar-refractivity contribution in [2.75, 3.05) is 33.9 Å². The quantitative estimate of drug-likeness (QED) is 0.368. The second kappa shape index (κ2) is 9.72. The van der Waals surface area contributed by atoms with E-state index in [2.05, 4.69) is 76.6 Å². The van der Waals surface area contributed by atoms with Gasteiger partial charge in [0.2, 0.25) is 0 Å². The van der Waals surface area contributed by atoms with Gasteiger partial charge in [-0.05, 0) is 73.2 Å². The molecule has 0 amide bonds. The summed E-state index contributed by atoms with van der Waals surface area (Å²) in [6, 6.07) is 25.8. The van der Waals surface area contributed by atoms with Gasteiger partial charge in [-0.15, -0.1) is 0 Å². The number of benzene rings is 3. The number of aromatic amines is 1. The van der Waals surface area contributed by atoms with E-state index in [1.165, 1.54) is 46.1 Å². The summed E-state index contributed by atoms with van der Waals surface area (Å²) in [4.78, 5) is 6.32. The number of aromatic nitrogens is 1. The number of hydrogen-bond acceptors (Lipinski definition) is 3. The first kappa shape index (κ1) is 21.6. The highest BCUT2D eigenvalue weighted by Gasteiger charge is 2.26. The van der Waals surface area contributed by atoms with Crippen molar-refractivity contribution in [2.45, 2.75) is 25.2 Å². The molecule has 4 heteroatoms. The van der Waals surface area contributed by atoms with Crippen molar-refractivity contribution in [3.8, 4) is 22.8 Å². The molecule has 0 radical (unpaired) electrons. The average Bonchev–Trinajstić information content (AvgIpc) is 3.28. The minimum Gasteiger partial charge on any atom is -0.493 e. The van der Waals surface area contributed by atoms with Crippen LogP contribution in [0.15, 0.2) is 72.8 Å². The highest BCUT2D eigenvalue weighted by Crippen LogP contribution is 2.40. The molecule has 1 aromatic heterocycles. The molecule has 1 N–H and O–H groups in total. The number of nitrogens with zero attached hydrogens (tertiary/aromatic N) is 1. The third kappa shape index (κ3) is 4.49. The first-order chi connectivity index (χ1) is 16.3. The van der Waals surface area contributed by atoms with Crippen molar-refractivity contribution in [1.82, 2.24) is 9.88 Å². The molecule has 0 aliphatic carbocycles. The van der Waals surface area contributed by atoms with E-state index in [-0.39, 0.29) is 0 Å². The fraction of sp³-hybridized carbons (Fsp3) is 0.310. The summed E-state index contributed by atoms with van der Waals surface area (Å²) in [5, 5.41) is 1.38. The molecule has 0 atom stereocenters. The molecule has 5 rings (SSSR count). The summed E-state index contributed by atoms with van der Waals surface area (Å²) < 4.78 is 10.8. The fourth-order valence-corrected chi connectivity index (χ4v) is 5.19. The number of hydrogen-bond donors (Lipinski definition) is 1. The molecule has 170 valence electrons. The zero-order valence-electron chi connectivity index (χ0n) is 19.5. The Morgan fingerprint density at radius 3 is 2.33 bits per heavy atom. The maximum atomic E-state index is 5.47. The van der Waals surface area contributed by atoms with Gasteiger partial charge >= 0.3 is 0 Å². The van der Waals surface area contributed by atoms with E-state index in [1.807, 2.05) is 6.07 Å². The lowest BCUT2D eigenvalue weighted by atomic mass is 9.86. The molecule has 33 heavy (non-hydrogen) atoms. The second-order valence-electron chi connectivity index (χ2n) is 8.88. The summed E-state index contributed by atoms with van der Waals surface area (Å²) in [5.41, 5.74) is 6.59. The van der Waals surface area contributed by atoms with Gasteiger partial charge in [0.1, 0.15) is 0 Å². The van der Waals surface area contributed by atoms with Gasteiger partial charge in [-0.1, -0.05) is 54.6 Å². The number of H-pyrrole nitrogens is 1. The van der Waals surface area contributed by atoms with Crippen molar-refractivity contribution in [3.05, 3.63) is 83.9 Å². The van der Waals surface area contributed by atoms with Crippen LogP contribution in [0.2, 0.25) is 0 Å². The van der Waals surface area contributed by atoms with Crippen LogP contribution in [0, 0.1) is 0 Å². The van der Waals surface area contributed by atoms with Gasteiger partial charge in [0.25, 0.3) is 0 Å². The minimum absolute atomic E-state index is 0.577. The Bertz CT molecular complexity index is 1210. The molecular formula is C29H32N2O2. The summed E-state index contributed by atoms with van der Waals surface area (Å²) in [7, 11) is 3.37. The number of likely N-dealkylation sites (tertiary alicyclic amines) is 1. The molecule has 4 nitrogen and oxygen atoms in total. The van der Waals surface area contributed by atoms with Crippen LogP contribution in [-0.4, -0.2) is 43.7 Å². The van der Waals surface area contributed by atoms with Crippen LogP contribution in [-0.2, 0) is 6.42 Å². The highest BCUT2D eigenvalue weighted by molar-refractivity contribution is 5.91. The van der Waals surface area contributed by atoms with Gasteiger partial charge in [0, 0.05) is 23.1 Å². The predicted octanol–water partition coefficient (Wildman–Crippen LogP) is 6.27. The Labute approximate surface area is 196 Å². The zero-order valence-corrected chi connectivity index (χ0v) is 19.5. The van der Waals surface area contributed by atoms with Crippen molar-refractivity contribution < 1.29 is 9.47 Å². The van der Waals surface area contributed by atoms with Crippen LogP contribution in [0.3, 0.4) is 0 Å². The first-order valence-electron chi connectivity index (χ1n) is 11.9. The Morgan fingerprint density at radius 2 is 1.58 bits per heavy atom. The third-order valence-corrected chi connectivity index (χ3v) is 6.97. The molecule has 2 heterocycles. The number of methoxy groups -OCH3 is 2. The SMILES string of the molecule is COc1ccc(CCN2CCC(c3c(-c4ccccc4)[nH]c4ccccc34)CC2)cc1OC. The Hall–Kier alpha value is -3.24. The lowest BCUT2D eigenvalue weighted by Crippen LogP contribution is -2.34. The van der Waals surface area contributed by atoms with Gasteiger partial charge in [0.05, 0.1) is 14.2 Å². The van der Waals surface area contributed by atoms with Crippen LogP contribution in [0.4, 0.5) is 0 Å². The van der Waals surface area contributed by atoms with Gasteiger partial charge in [-0.3, -0.25) is 0 Å². The van der Waals surface area contributed by atoms with E-state index >= 15 is 0 Å². The molecule has 0 spiro atoms. The monoisotopic (exact) mass is 440 g/mol. The number of nitrogens with one attached hydrogen (secondary N) is 1. The molecule has 0 saturated carbocycles. The Morgan fingerprint density at radius 1 is 0.848 bits per heavy atom. The van der Waals surface area contributed by atoms with Crippen LogP contribution in [0.25, 0.3) is 22.2 Å². The predicted molar refractivity (Wildman–Crippen MR) is 135 cm³/mol. The van der Waals surface area contributed by atoms with Gasteiger partial charge < -0.3 is 19.4 Å². The third-order valence-electron chi connectivity index (χ3n) is 6.97. The normalized spacial score (nSPS) is 15.1. The number of rotatable bonds is 7. The minimum atomic E-state index is 0.577. The fourth-order valence-electron chi connectivity index (χ4n) is 5.19. The van der Waals surface area contributed by atoms with Crippen molar-refractivity contribution >= 4 is 10.9 Å². The standard InChI is InChI=1S/C29H32N2O2/c1-32-26-13-12-21(20-27(26)33-2)14-17-31-18-15-22(16-19-31)28-24-10-6-7-11-25(24)30-29(28)23-8-4-3-5-9-23/h3-13,20,22,30H,14-19H2,1-2H3. The maximum Gasteiger partial charge on any atom is 0.160 e. The summed E-state index contributed by atoms with van der Waals surface area (Å²) >= 11 is 0. The number of piperidine rings is 1. The highest BCUT2D eigenvalue weighted by atomic mass is 16.5. The van der Waals surface area contributed by atoms with E-state index < -0.39 is 0 Å². The molecule has 0 unspecified atom stereocenters. The lowest BCUT2D eigenvalue weighted by molar-refractivity contribution is 0.215. The van der Waals surface area contributed by atoms with Gasteiger partial charge in [-0.25, -0.2) is 0 Å². The van der Waals surface area contributed by atoms with Crippen molar-refractivity contribution in [3.63, 3.8) is 0 Å². The van der Waals surface area contributed by atoms with Gasteiger partial charge in [0.15, 0.2) is 11.5 Å². The van der Waals surface area contributed by atoms with Gasteiger partial charge in [-0.2, -0.15) is 0 Å². The maximum absolute atomic E-state index is 5.47. The van der Waals surface area contributed by atoms with Crippen molar-refractivity contribution in [2.24, 2.45) is 0 Å². The molecule has 0 bridgehead atoms. The molecule has 1 aliphatic rings. The molecule has 1 aliphatic heterocycles. The first-order valence-corrected chi connectivity index (χ1v) is 11.9. The van der Waals surface area contributed by atoms with E-state index in [0.717, 1.165) is 37.6 Å². The molecular weight excluding hydrogens is 408 g/mol. The summed E-state index contributed by atoms with van der Waals surface area (Å²) in [6.45, 7) is 3.33. The van der Waals surface area contributed by atoms with Crippen LogP contribution >= 0.6 is 0 Å². The number of para-hydroxylation sites is 1. The number of fused-ring (bicyclic) bond motifs is 1. The summed E-state index contributed by atoms with van der Waals surface area (Å²) in [5.74, 6) is 2.17. The second-order valence-corrected chi connectivity index (χ2v) is 8.88. The average molecular weight is 441 g/mol. The van der Waals surface area contributed by atoms with Crippen LogP contribution in [0.5, 0.6) is 11.5 Å². The molecule has 3 aromatic carbocycles. The number of ether oxygens (including phenoxy) is 2. The van der Waals surface area contributed by atoms with E-state index in [4.69, 9.17) is 9.47 Å². The molecule has 1 saturated heterocycles. The Kier molecular flexibility index (Phi) is 6.36. The largest absolute Gasteiger partial charge is 0.493 e.